The van der Waals surface area contributed by atoms with E-state index in [-0.39, 0.29) is 18.4 Å². The van der Waals surface area contributed by atoms with Gasteiger partial charge >= 0.3 is 0 Å². The molecule has 0 aliphatic carbocycles. The molecule has 0 saturated heterocycles. The third-order valence-corrected chi connectivity index (χ3v) is 6.81. The fraction of sp³-hybridized carbons (Fsp3) is 0.462. The monoisotopic (exact) mass is 487 g/mol. The quantitative estimate of drug-likeness (QED) is 0.555. The molecule has 0 fully saturated rings. The minimum Gasteiger partial charge on any atom is -0.354 e. The summed E-state index contributed by atoms with van der Waals surface area (Å²) in [5, 5.41) is 2.88. The first-order valence-corrected chi connectivity index (χ1v) is 13.3. The average molecular weight is 488 g/mol. The van der Waals surface area contributed by atoms with Crippen LogP contribution < -0.4 is 9.62 Å². The Balaban J connectivity index is 2.41. The first kappa shape index (κ1) is 27.4. The van der Waals surface area contributed by atoms with Gasteiger partial charge in [-0.15, -0.1) is 0 Å². The maximum Gasteiger partial charge on any atom is 0.244 e. The van der Waals surface area contributed by atoms with Crippen molar-refractivity contribution in [1.82, 2.24) is 10.2 Å². The minimum atomic E-state index is -3.75. The number of benzene rings is 2. The van der Waals surface area contributed by atoms with Crippen molar-refractivity contribution in [2.75, 3.05) is 23.7 Å². The highest BCUT2D eigenvalue weighted by Gasteiger charge is 2.31. The highest BCUT2D eigenvalue weighted by atomic mass is 32.2. The van der Waals surface area contributed by atoms with E-state index in [2.05, 4.69) is 5.32 Å². The van der Waals surface area contributed by atoms with Gasteiger partial charge in [0.2, 0.25) is 21.8 Å². The molecule has 1 atom stereocenters. The normalized spacial score (nSPS) is 12.4. The molecular formula is C26H37N3O4S. The van der Waals surface area contributed by atoms with E-state index in [0.29, 0.717) is 12.2 Å². The molecule has 0 saturated carbocycles. The van der Waals surface area contributed by atoms with Crippen molar-refractivity contribution in [1.29, 1.82) is 0 Å². The molecule has 2 aromatic carbocycles. The van der Waals surface area contributed by atoms with Gasteiger partial charge in [0, 0.05) is 13.1 Å². The zero-order valence-corrected chi connectivity index (χ0v) is 22.1. The molecule has 8 heteroatoms. The lowest BCUT2D eigenvalue weighted by atomic mass is 10.1. The van der Waals surface area contributed by atoms with Crippen LogP contribution in [0.2, 0.25) is 0 Å². The van der Waals surface area contributed by atoms with Crippen LogP contribution >= 0.6 is 0 Å². The summed E-state index contributed by atoms with van der Waals surface area (Å²) < 4.78 is 26.6. The van der Waals surface area contributed by atoms with E-state index in [1.807, 2.05) is 77.1 Å². The lowest BCUT2D eigenvalue weighted by molar-refractivity contribution is -0.139. The number of aryl methyl sites for hydroxylation is 3. The Kier molecular flexibility index (Phi) is 9.27. The molecule has 34 heavy (non-hydrogen) atoms. The van der Waals surface area contributed by atoms with Gasteiger partial charge in [-0.1, -0.05) is 61.9 Å². The predicted octanol–water partition coefficient (Wildman–Crippen LogP) is 3.57. The summed E-state index contributed by atoms with van der Waals surface area (Å²) in [5.74, 6) is -0.449. The van der Waals surface area contributed by atoms with Crippen molar-refractivity contribution >= 4 is 27.5 Å². The number of carbonyl (C=O) groups excluding carboxylic acids is 2. The molecule has 186 valence electrons. The standard InChI is InChI=1S/C26H37N3O4S/c1-18(2)15-27-26(31)22(6)28(16-23-13-11-19(3)12-14-23)24(30)17-29(34(7,32)33)25-20(4)9-8-10-21(25)5/h8-14,18,22H,15-17H2,1-7H3,(H,27,31)/t22-/m1/s1. The maximum atomic E-state index is 13.6. The number of amides is 2. The summed E-state index contributed by atoms with van der Waals surface area (Å²) in [6.07, 6.45) is 1.09. The number of sulfonamides is 1. The molecule has 7 nitrogen and oxygen atoms in total. The number of rotatable bonds is 10. The van der Waals surface area contributed by atoms with Crippen molar-refractivity contribution < 1.29 is 18.0 Å². The third kappa shape index (κ3) is 7.32. The Morgan fingerprint density at radius 1 is 0.941 bits per heavy atom. The van der Waals surface area contributed by atoms with Crippen LogP contribution in [0.25, 0.3) is 0 Å². The number of anilines is 1. The van der Waals surface area contributed by atoms with Gasteiger partial charge in [-0.3, -0.25) is 13.9 Å². The number of nitrogens with zero attached hydrogens (tertiary/aromatic N) is 2. The molecule has 0 aliphatic heterocycles. The van der Waals surface area contributed by atoms with E-state index in [4.69, 9.17) is 0 Å². The van der Waals surface area contributed by atoms with E-state index in [1.54, 1.807) is 6.92 Å². The zero-order chi connectivity index (χ0) is 25.6. The Morgan fingerprint density at radius 2 is 1.50 bits per heavy atom. The molecule has 1 N–H and O–H groups in total. The van der Waals surface area contributed by atoms with Crippen molar-refractivity contribution in [2.24, 2.45) is 5.92 Å². The van der Waals surface area contributed by atoms with Gasteiger partial charge in [0.1, 0.15) is 12.6 Å². The average Bonchev–Trinajstić information content (AvgIpc) is 2.74. The second kappa shape index (κ2) is 11.5. The molecule has 0 spiro atoms. The number of nitrogens with one attached hydrogen (secondary N) is 1. The summed E-state index contributed by atoms with van der Waals surface area (Å²) in [4.78, 5) is 27.9. The largest absolute Gasteiger partial charge is 0.354 e. The molecule has 0 aliphatic rings. The Bertz CT molecular complexity index is 1090. The number of para-hydroxylation sites is 1. The zero-order valence-electron chi connectivity index (χ0n) is 21.3. The summed E-state index contributed by atoms with van der Waals surface area (Å²) in [5.41, 5.74) is 3.95. The van der Waals surface area contributed by atoms with E-state index < -0.39 is 28.5 Å². The smallest absolute Gasteiger partial charge is 0.244 e. The van der Waals surface area contributed by atoms with E-state index in [1.165, 1.54) is 4.90 Å². The van der Waals surface area contributed by atoms with Crippen LogP contribution in [0, 0.1) is 26.7 Å². The van der Waals surface area contributed by atoms with Crippen LogP contribution in [-0.2, 0) is 26.2 Å². The molecule has 0 unspecified atom stereocenters. The summed E-state index contributed by atoms with van der Waals surface area (Å²) >= 11 is 0. The number of hydrogen-bond donors (Lipinski definition) is 1. The van der Waals surface area contributed by atoms with Gasteiger partial charge in [0.25, 0.3) is 0 Å². The molecule has 2 amide bonds. The lowest BCUT2D eigenvalue weighted by Gasteiger charge is -2.32. The van der Waals surface area contributed by atoms with Crippen molar-refractivity contribution in [2.45, 2.75) is 54.1 Å². The molecule has 0 heterocycles. The van der Waals surface area contributed by atoms with Crippen LogP contribution in [0.5, 0.6) is 0 Å². The summed E-state index contributed by atoms with van der Waals surface area (Å²) in [7, 11) is -3.75. The second-order valence-corrected chi connectivity index (χ2v) is 11.2. The highest BCUT2D eigenvalue weighted by Crippen LogP contribution is 2.27. The van der Waals surface area contributed by atoms with Crippen LogP contribution in [0.1, 0.15) is 43.0 Å². The van der Waals surface area contributed by atoms with Crippen LogP contribution in [0.15, 0.2) is 42.5 Å². The number of hydrogen-bond acceptors (Lipinski definition) is 4. The Morgan fingerprint density at radius 3 is 2.00 bits per heavy atom. The first-order valence-electron chi connectivity index (χ1n) is 11.5. The second-order valence-electron chi connectivity index (χ2n) is 9.33. The van der Waals surface area contributed by atoms with Crippen LogP contribution in [-0.4, -0.2) is 50.5 Å². The maximum absolute atomic E-state index is 13.6. The fourth-order valence-electron chi connectivity index (χ4n) is 3.70. The molecule has 0 radical (unpaired) electrons. The van der Waals surface area contributed by atoms with Crippen molar-refractivity contribution in [3.05, 3.63) is 64.7 Å². The van der Waals surface area contributed by atoms with Gasteiger partial charge in [-0.25, -0.2) is 8.42 Å². The van der Waals surface area contributed by atoms with E-state index in [0.717, 1.165) is 32.8 Å². The third-order valence-electron chi connectivity index (χ3n) is 5.69. The first-order chi connectivity index (χ1) is 15.8. The molecule has 0 bridgehead atoms. The molecular weight excluding hydrogens is 450 g/mol. The SMILES string of the molecule is Cc1ccc(CN(C(=O)CN(c2c(C)cccc2C)S(C)(=O)=O)[C@H](C)C(=O)NCC(C)C)cc1. The lowest BCUT2D eigenvalue weighted by Crippen LogP contribution is -2.51. The van der Waals surface area contributed by atoms with Gasteiger partial charge in [-0.2, -0.15) is 0 Å². The van der Waals surface area contributed by atoms with Gasteiger partial charge in [-0.05, 0) is 50.3 Å². The highest BCUT2D eigenvalue weighted by molar-refractivity contribution is 7.92. The van der Waals surface area contributed by atoms with Gasteiger partial charge in [0.15, 0.2) is 0 Å². The molecule has 2 rings (SSSR count). The number of carbonyl (C=O) groups is 2. The van der Waals surface area contributed by atoms with Crippen molar-refractivity contribution in [3.63, 3.8) is 0 Å². The summed E-state index contributed by atoms with van der Waals surface area (Å²) in [6, 6.07) is 12.4. The molecule has 0 aromatic heterocycles. The van der Waals surface area contributed by atoms with Crippen LogP contribution in [0.4, 0.5) is 5.69 Å². The molecule has 2 aromatic rings. The predicted molar refractivity (Wildman–Crippen MR) is 137 cm³/mol. The summed E-state index contributed by atoms with van der Waals surface area (Å²) in [6.45, 7) is 11.6. The van der Waals surface area contributed by atoms with E-state index >= 15 is 0 Å². The Labute approximate surface area is 204 Å². The van der Waals surface area contributed by atoms with Gasteiger partial charge in [0.05, 0.1) is 11.9 Å². The van der Waals surface area contributed by atoms with E-state index in [9.17, 15) is 18.0 Å². The van der Waals surface area contributed by atoms with Crippen molar-refractivity contribution in [3.8, 4) is 0 Å². The fourth-order valence-corrected chi connectivity index (χ4v) is 4.66. The Hall–Kier alpha value is -2.87. The minimum absolute atomic E-state index is 0.194. The van der Waals surface area contributed by atoms with Crippen LogP contribution in [0.3, 0.4) is 0 Å². The topological polar surface area (TPSA) is 86.8 Å². The van der Waals surface area contributed by atoms with Gasteiger partial charge < -0.3 is 10.2 Å².